The summed E-state index contributed by atoms with van der Waals surface area (Å²) in [5.74, 6) is 1.74. The van der Waals surface area contributed by atoms with Crippen LogP contribution in [-0.4, -0.2) is 43.1 Å². The van der Waals surface area contributed by atoms with E-state index in [0.717, 1.165) is 42.7 Å². The van der Waals surface area contributed by atoms with Gasteiger partial charge in [0, 0.05) is 45.5 Å². The van der Waals surface area contributed by atoms with E-state index in [9.17, 15) is 0 Å². The zero-order valence-corrected chi connectivity index (χ0v) is 14.7. The van der Waals surface area contributed by atoms with E-state index < -0.39 is 0 Å². The van der Waals surface area contributed by atoms with Crippen molar-refractivity contribution in [2.75, 3.05) is 32.1 Å². The van der Waals surface area contributed by atoms with Gasteiger partial charge in [0.05, 0.1) is 12.2 Å². The van der Waals surface area contributed by atoms with Gasteiger partial charge in [0.1, 0.15) is 5.82 Å². The third-order valence-electron chi connectivity index (χ3n) is 3.39. The maximum Gasteiger partial charge on any atom is 0.191 e. The number of hydrogen-bond donors (Lipinski definition) is 2. The van der Waals surface area contributed by atoms with Gasteiger partial charge in [-0.1, -0.05) is 12.1 Å². The minimum absolute atomic E-state index is 0.542. The number of hydrogen-bond acceptors (Lipinski definition) is 4. The van der Waals surface area contributed by atoms with E-state index in [1.54, 1.807) is 0 Å². The van der Waals surface area contributed by atoms with Crippen molar-refractivity contribution in [2.45, 2.75) is 19.9 Å². The van der Waals surface area contributed by atoms with E-state index >= 15 is 0 Å². The van der Waals surface area contributed by atoms with Gasteiger partial charge >= 0.3 is 0 Å². The van der Waals surface area contributed by atoms with E-state index in [1.165, 1.54) is 0 Å². The summed E-state index contributed by atoms with van der Waals surface area (Å²) in [5, 5.41) is 6.59. The molecule has 0 unspecified atom stereocenters. The van der Waals surface area contributed by atoms with Gasteiger partial charge in [-0.05, 0) is 31.2 Å². The predicted octanol–water partition coefficient (Wildman–Crippen LogP) is 1.84. The Bertz CT molecular complexity index is 639. The lowest BCUT2D eigenvalue weighted by molar-refractivity contribution is 0.785. The minimum Gasteiger partial charge on any atom is -0.363 e. The number of nitrogens with zero attached hydrogens (tertiary/aromatic N) is 4. The van der Waals surface area contributed by atoms with Crippen LogP contribution in [0, 0.1) is 0 Å². The highest BCUT2D eigenvalue weighted by Gasteiger charge is 2.01. The van der Waals surface area contributed by atoms with Crippen LogP contribution in [0.2, 0.25) is 0 Å². The molecule has 0 bridgehead atoms. The van der Waals surface area contributed by atoms with Crippen molar-refractivity contribution in [2.24, 2.45) is 4.99 Å². The van der Waals surface area contributed by atoms with Crippen molar-refractivity contribution >= 4 is 11.8 Å². The van der Waals surface area contributed by atoms with Crippen LogP contribution in [0.15, 0.2) is 47.6 Å². The third-order valence-corrected chi connectivity index (χ3v) is 3.39. The molecule has 2 aromatic heterocycles. The van der Waals surface area contributed by atoms with Gasteiger partial charge in [0.15, 0.2) is 5.96 Å². The predicted molar refractivity (Wildman–Crippen MR) is 99.3 cm³/mol. The topological polar surface area (TPSA) is 65.4 Å². The van der Waals surface area contributed by atoms with Crippen LogP contribution in [0.3, 0.4) is 0 Å². The molecule has 24 heavy (non-hydrogen) atoms. The quantitative estimate of drug-likeness (QED) is 0.600. The molecule has 2 rings (SSSR count). The Morgan fingerprint density at radius 2 is 1.92 bits per heavy atom. The third kappa shape index (κ3) is 5.87. The Labute approximate surface area is 144 Å². The Hall–Kier alpha value is -2.63. The lowest BCUT2D eigenvalue weighted by atomic mass is 10.3. The first-order chi connectivity index (χ1) is 11.7. The Morgan fingerprint density at radius 3 is 2.62 bits per heavy atom. The summed E-state index contributed by atoms with van der Waals surface area (Å²) in [5.41, 5.74) is 2.02. The first-order valence-corrected chi connectivity index (χ1v) is 8.24. The molecule has 0 aliphatic heterocycles. The van der Waals surface area contributed by atoms with E-state index in [-0.39, 0.29) is 0 Å². The van der Waals surface area contributed by atoms with Gasteiger partial charge in [0.25, 0.3) is 0 Å². The average Bonchev–Trinajstić information content (AvgIpc) is 2.61. The van der Waals surface area contributed by atoms with Crippen molar-refractivity contribution < 1.29 is 0 Å². The summed E-state index contributed by atoms with van der Waals surface area (Å²) in [4.78, 5) is 15.5. The van der Waals surface area contributed by atoms with Gasteiger partial charge < -0.3 is 15.5 Å². The molecule has 6 nitrogen and oxygen atoms in total. The van der Waals surface area contributed by atoms with Gasteiger partial charge in [-0.3, -0.25) is 4.98 Å². The lowest BCUT2D eigenvalue weighted by Gasteiger charge is -2.13. The number of anilines is 1. The molecule has 0 atom stereocenters. The average molecular weight is 326 g/mol. The molecule has 0 fully saturated rings. The van der Waals surface area contributed by atoms with Crippen LogP contribution in [0.5, 0.6) is 0 Å². The molecule has 2 N–H and O–H groups in total. The number of aromatic nitrogens is 2. The molecule has 0 saturated carbocycles. The summed E-state index contributed by atoms with van der Waals surface area (Å²) in [7, 11) is 3.97. The maximum absolute atomic E-state index is 4.61. The zero-order valence-electron chi connectivity index (χ0n) is 14.7. The summed E-state index contributed by atoms with van der Waals surface area (Å²) in [6.45, 7) is 4.20. The van der Waals surface area contributed by atoms with Crippen LogP contribution in [-0.2, 0) is 13.0 Å². The Morgan fingerprint density at radius 1 is 1.08 bits per heavy atom. The molecule has 2 aromatic rings. The molecule has 0 aliphatic carbocycles. The van der Waals surface area contributed by atoms with Crippen molar-refractivity contribution in [3.05, 3.63) is 54.0 Å². The fourth-order valence-electron chi connectivity index (χ4n) is 2.16. The monoisotopic (exact) mass is 326 g/mol. The fourth-order valence-corrected chi connectivity index (χ4v) is 2.16. The van der Waals surface area contributed by atoms with Crippen LogP contribution < -0.4 is 15.5 Å². The van der Waals surface area contributed by atoms with Crippen LogP contribution in [0.4, 0.5) is 5.82 Å². The number of aliphatic imine (C=N–C) groups is 1. The van der Waals surface area contributed by atoms with Gasteiger partial charge in [-0.15, -0.1) is 0 Å². The molecular formula is C18H26N6. The molecular weight excluding hydrogens is 300 g/mol. The van der Waals surface area contributed by atoms with E-state index in [4.69, 9.17) is 0 Å². The first kappa shape index (κ1) is 17.7. The summed E-state index contributed by atoms with van der Waals surface area (Å²) >= 11 is 0. The largest absolute Gasteiger partial charge is 0.363 e. The highest BCUT2D eigenvalue weighted by molar-refractivity contribution is 5.79. The SMILES string of the molecule is CCNC(=NCc1cccc(N(C)C)n1)NCCc1ccccn1. The second-order valence-electron chi connectivity index (χ2n) is 5.57. The molecule has 0 radical (unpaired) electrons. The van der Waals surface area contributed by atoms with Crippen molar-refractivity contribution in [3.8, 4) is 0 Å². The van der Waals surface area contributed by atoms with Crippen LogP contribution in [0.25, 0.3) is 0 Å². The van der Waals surface area contributed by atoms with E-state index in [1.807, 2.05) is 61.6 Å². The summed E-state index contributed by atoms with van der Waals surface area (Å²) in [6.07, 6.45) is 2.68. The van der Waals surface area contributed by atoms with Crippen LogP contribution >= 0.6 is 0 Å². The molecule has 0 aromatic carbocycles. The maximum atomic E-state index is 4.61. The lowest BCUT2D eigenvalue weighted by Crippen LogP contribution is -2.38. The summed E-state index contributed by atoms with van der Waals surface area (Å²) < 4.78 is 0. The van der Waals surface area contributed by atoms with Gasteiger partial charge in [-0.2, -0.15) is 0 Å². The zero-order chi connectivity index (χ0) is 17.2. The minimum atomic E-state index is 0.542. The molecule has 0 spiro atoms. The number of guanidine groups is 1. The molecule has 0 saturated heterocycles. The van der Waals surface area contributed by atoms with E-state index in [2.05, 4.69) is 32.5 Å². The highest BCUT2D eigenvalue weighted by atomic mass is 15.2. The normalized spacial score (nSPS) is 11.2. The second-order valence-corrected chi connectivity index (χ2v) is 5.57. The highest BCUT2D eigenvalue weighted by Crippen LogP contribution is 2.08. The summed E-state index contributed by atoms with van der Waals surface area (Å²) in [6, 6.07) is 12.0. The molecule has 0 amide bonds. The first-order valence-electron chi connectivity index (χ1n) is 8.24. The smallest absolute Gasteiger partial charge is 0.191 e. The molecule has 2 heterocycles. The number of nitrogens with one attached hydrogen (secondary N) is 2. The second kappa shape index (κ2) is 9.50. The van der Waals surface area contributed by atoms with E-state index in [0.29, 0.717) is 6.54 Å². The number of pyridine rings is 2. The number of rotatable bonds is 7. The molecule has 0 aliphatic rings. The van der Waals surface area contributed by atoms with Gasteiger partial charge in [-0.25, -0.2) is 9.98 Å². The van der Waals surface area contributed by atoms with Crippen molar-refractivity contribution in [1.82, 2.24) is 20.6 Å². The molecule has 6 heteroatoms. The Balaban J connectivity index is 1.91. The van der Waals surface area contributed by atoms with Crippen molar-refractivity contribution in [1.29, 1.82) is 0 Å². The standard InChI is InChI=1S/C18H26N6/c1-4-19-18(21-13-11-15-8-5-6-12-20-15)22-14-16-9-7-10-17(23-16)24(2)3/h5-10,12H,4,11,13-14H2,1-3H3,(H2,19,21,22). The Kier molecular flexibility index (Phi) is 7.01. The molecule has 128 valence electrons. The van der Waals surface area contributed by atoms with Crippen LogP contribution in [0.1, 0.15) is 18.3 Å². The van der Waals surface area contributed by atoms with Gasteiger partial charge in [0.2, 0.25) is 0 Å². The fraction of sp³-hybridized carbons (Fsp3) is 0.389. The van der Waals surface area contributed by atoms with Crippen molar-refractivity contribution in [3.63, 3.8) is 0 Å².